The largest absolute Gasteiger partial charge is 0.352 e. The van der Waals surface area contributed by atoms with Crippen LogP contribution in [-0.2, 0) is 21.4 Å². The van der Waals surface area contributed by atoms with E-state index in [1.807, 2.05) is 19.9 Å². The number of rotatable bonds is 7. The summed E-state index contributed by atoms with van der Waals surface area (Å²) in [6.07, 6.45) is 0.0420. The second kappa shape index (κ2) is 8.61. The molecule has 0 atom stereocenters. The van der Waals surface area contributed by atoms with Crippen LogP contribution in [-0.4, -0.2) is 20.9 Å². The van der Waals surface area contributed by atoms with Gasteiger partial charge in [-0.3, -0.25) is 4.79 Å². The van der Waals surface area contributed by atoms with Gasteiger partial charge in [0.25, 0.3) is 0 Å². The van der Waals surface area contributed by atoms with Gasteiger partial charge in [0.05, 0.1) is 16.5 Å². The van der Waals surface area contributed by atoms with E-state index in [1.54, 1.807) is 42.5 Å². The molecule has 136 valence electrons. The van der Waals surface area contributed by atoms with Gasteiger partial charge in [0, 0.05) is 19.5 Å². The molecule has 26 heavy (non-hydrogen) atoms. The fourth-order valence-electron chi connectivity index (χ4n) is 2.25. The average Bonchev–Trinajstić information content (AvgIpc) is 2.62. The molecule has 2 rings (SSSR count). The third kappa shape index (κ3) is 5.41. The van der Waals surface area contributed by atoms with Gasteiger partial charge >= 0.3 is 0 Å². The molecule has 2 aromatic rings. The minimum absolute atomic E-state index is 0.0223. The summed E-state index contributed by atoms with van der Waals surface area (Å²) in [6, 6.07) is 13.8. The van der Waals surface area contributed by atoms with Crippen molar-refractivity contribution in [3.8, 4) is 6.07 Å². The zero-order valence-electron chi connectivity index (χ0n) is 14.7. The lowest BCUT2D eigenvalue weighted by Gasteiger charge is -2.09. The fourth-order valence-corrected chi connectivity index (χ4v) is 3.37. The molecular weight excluding hydrogens is 350 g/mol. The van der Waals surface area contributed by atoms with Crippen molar-refractivity contribution in [2.24, 2.45) is 0 Å². The van der Waals surface area contributed by atoms with Crippen LogP contribution >= 0.6 is 0 Å². The Bertz CT molecular complexity index is 929. The molecular formula is C19H21N3O3S. The van der Waals surface area contributed by atoms with E-state index in [2.05, 4.69) is 10.0 Å². The molecule has 0 spiro atoms. The van der Waals surface area contributed by atoms with Gasteiger partial charge in [0.2, 0.25) is 15.9 Å². The summed E-state index contributed by atoms with van der Waals surface area (Å²) in [5.74, 6) is -0.253. The first kappa shape index (κ1) is 19.6. The van der Waals surface area contributed by atoms with Gasteiger partial charge in [-0.2, -0.15) is 5.26 Å². The van der Waals surface area contributed by atoms with Gasteiger partial charge in [-0.25, -0.2) is 13.1 Å². The molecule has 0 bridgehead atoms. The van der Waals surface area contributed by atoms with Gasteiger partial charge in [-0.15, -0.1) is 0 Å². The second-order valence-corrected chi connectivity index (χ2v) is 7.75. The molecule has 0 saturated heterocycles. The minimum atomic E-state index is -3.63. The molecule has 1 amide bonds. The number of carbonyl (C=O) groups is 1. The second-order valence-electron chi connectivity index (χ2n) is 5.98. The lowest BCUT2D eigenvalue weighted by atomic mass is 10.1. The van der Waals surface area contributed by atoms with Crippen molar-refractivity contribution in [2.75, 3.05) is 6.54 Å². The summed E-state index contributed by atoms with van der Waals surface area (Å²) in [5, 5.41) is 11.5. The molecule has 0 aliphatic heterocycles. The van der Waals surface area contributed by atoms with E-state index in [-0.39, 0.29) is 23.8 Å². The van der Waals surface area contributed by atoms with Crippen molar-refractivity contribution in [2.45, 2.75) is 31.7 Å². The molecule has 6 nitrogen and oxygen atoms in total. The normalized spacial score (nSPS) is 11.0. The Balaban J connectivity index is 1.81. The number of nitrogens with one attached hydrogen (secondary N) is 2. The van der Waals surface area contributed by atoms with E-state index in [0.29, 0.717) is 12.1 Å². The number of nitrogens with zero attached hydrogens (tertiary/aromatic N) is 1. The maximum Gasteiger partial charge on any atom is 0.240 e. The average molecular weight is 371 g/mol. The summed E-state index contributed by atoms with van der Waals surface area (Å²) < 4.78 is 26.9. The first-order valence-corrected chi connectivity index (χ1v) is 9.63. The lowest BCUT2D eigenvalue weighted by Crippen LogP contribution is -2.30. The zero-order chi connectivity index (χ0) is 19.2. The Labute approximate surface area is 153 Å². The van der Waals surface area contributed by atoms with E-state index < -0.39 is 10.0 Å². The molecule has 0 saturated carbocycles. The number of benzene rings is 2. The summed E-state index contributed by atoms with van der Waals surface area (Å²) in [4.78, 5) is 12.1. The predicted octanol–water partition coefficient (Wildman–Crippen LogP) is 2.16. The van der Waals surface area contributed by atoms with Crippen LogP contribution in [0.15, 0.2) is 47.4 Å². The molecule has 0 aliphatic carbocycles. The van der Waals surface area contributed by atoms with Crippen molar-refractivity contribution in [1.29, 1.82) is 5.26 Å². The number of sulfonamides is 1. The Morgan fingerprint density at radius 1 is 1.08 bits per heavy atom. The van der Waals surface area contributed by atoms with Crippen LogP contribution in [0.2, 0.25) is 0 Å². The van der Waals surface area contributed by atoms with Gasteiger partial charge in [-0.1, -0.05) is 18.2 Å². The highest BCUT2D eigenvalue weighted by Gasteiger charge is 2.14. The number of hydrogen-bond acceptors (Lipinski definition) is 4. The van der Waals surface area contributed by atoms with Crippen LogP contribution in [0.5, 0.6) is 0 Å². The third-order valence-corrected chi connectivity index (χ3v) is 5.46. The lowest BCUT2D eigenvalue weighted by molar-refractivity contribution is -0.121. The summed E-state index contributed by atoms with van der Waals surface area (Å²) in [6.45, 7) is 4.12. The summed E-state index contributed by atoms with van der Waals surface area (Å²) in [5.41, 5.74) is 3.34. The summed E-state index contributed by atoms with van der Waals surface area (Å²) >= 11 is 0. The van der Waals surface area contributed by atoms with Crippen molar-refractivity contribution < 1.29 is 13.2 Å². The molecule has 0 radical (unpaired) electrons. The molecule has 7 heteroatoms. The van der Waals surface area contributed by atoms with Crippen LogP contribution in [0.3, 0.4) is 0 Å². The zero-order valence-corrected chi connectivity index (χ0v) is 15.6. The highest BCUT2D eigenvalue weighted by Crippen LogP contribution is 2.14. The molecule has 2 aromatic carbocycles. The number of nitriles is 1. The summed E-state index contributed by atoms with van der Waals surface area (Å²) in [7, 11) is -3.63. The van der Waals surface area contributed by atoms with Crippen molar-refractivity contribution in [3.63, 3.8) is 0 Å². The van der Waals surface area contributed by atoms with Gasteiger partial charge in [0.1, 0.15) is 0 Å². The first-order valence-electron chi connectivity index (χ1n) is 8.14. The van der Waals surface area contributed by atoms with E-state index >= 15 is 0 Å². The standard InChI is InChI=1S/C19H21N3O3S/c1-14-3-8-18(11-15(14)2)26(24,25)22-10-9-19(23)21-13-17-6-4-16(12-20)5-7-17/h3-8,11,22H,9-10,13H2,1-2H3,(H,21,23). The Morgan fingerprint density at radius 3 is 2.38 bits per heavy atom. The Morgan fingerprint density at radius 2 is 1.77 bits per heavy atom. The van der Waals surface area contributed by atoms with E-state index in [0.717, 1.165) is 16.7 Å². The maximum absolute atomic E-state index is 12.2. The van der Waals surface area contributed by atoms with Crippen molar-refractivity contribution in [3.05, 3.63) is 64.7 Å². The van der Waals surface area contributed by atoms with Crippen molar-refractivity contribution in [1.82, 2.24) is 10.0 Å². The molecule has 2 N–H and O–H groups in total. The highest BCUT2D eigenvalue weighted by atomic mass is 32.2. The van der Waals surface area contributed by atoms with Crippen LogP contribution in [0.1, 0.15) is 28.7 Å². The molecule has 0 unspecified atom stereocenters. The number of amides is 1. The molecule has 0 fully saturated rings. The SMILES string of the molecule is Cc1ccc(S(=O)(=O)NCCC(=O)NCc2ccc(C#N)cc2)cc1C. The van der Waals surface area contributed by atoms with Gasteiger partial charge in [0.15, 0.2) is 0 Å². The first-order chi connectivity index (χ1) is 12.3. The quantitative estimate of drug-likeness (QED) is 0.779. The van der Waals surface area contributed by atoms with E-state index in [9.17, 15) is 13.2 Å². The van der Waals surface area contributed by atoms with Gasteiger partial charge in [-0.05, 0) is 54.8 Å². The molecule has 0 aliphatic rings. The Kier molecular flexibility index (Phi) is 6.50. The fraction of sp³-hybridized carbons (Fsp3) is 0.263. The topological polar surface area (TPSA) is 99.1 Å². The highest BCUT2D eigenvalue weighted by molar-refractivity contribution is 7.89. The van der Waals surface area contributed by atoms with E-state index in [4.69, 9.17) is 5.26 Å². The van der Waals surface area contributed by atoms with Crippen LogP contribution in [0.25, 0.3) is 0 Å². The molecule has 0 heterocycles. The smallest absolute Gasteiger partial charge is 0.240 e. The maximum atomic E-state index is 12.2. The van der Waals surface area contributed by atoms with E-state index in [1.165, 1.54) is 0 Å². The number of carbonyl (C=O) groups excluding carboxylic acids is 1. The van der Waals surface area contributed by atoms with Crippen molar-refractivity contribution >= 4 is 15.9 Å². The predicted molar refractivity (Wildman–Crippen MR) is 98.7 cm³/mol. The van der Waals surface area contributed by atoms with Gasteiger partial charge < -0.3 is 5.32 Å². The minimum Gasteiger partial charge on any atom is -0.352 e. The molecule has 0 aromatic heterocycles. The Hall–Kier alpha value is -2.69. The number of hydrogen-bond donors (Lipinski definition) is 2. The van der Waals surface area contributed by atoms with Crippen LogP contribution in [0.4, 0.5) is 0 Å². The third-order valence-electron chi connectivity index (χ3n) is 4.01. The van der Waals surface area contributed by atoms with Crippen LogP contribution in [0, 0.1) is 25.2 Å². The monoisotopic (exact) mass is 371 g/mol. The van der Waals surface area contributed by atoms with Crippen LogP contribution < -0.4 is 10.0 Å². The number of aryl methyl sites for hydroxylation is 2.